The molecule has 0 saturated heterocycles. The monoisotopic (exact) mass is 141 g/mol. The van der Waals surface area contributed by atoms with E-state index >= 15 is 0 Å². The van der Waals surface area contributed by atoms with E-state index in [1.54, 1.807) is 0 Å². The average Bonchev–Trinajstić information content (AvgIpc) is 2.12. The first-order valence-electron chi connectivity index (χ1n) is 3.60. The predicted molar refractivity (Wildman–Crippen MR) is 42.7 cm³/mol. The van der Waals surface area contributed by atoms with Gasteiger partial charge in [0.25, 0.3) is 0 Å². The summed E-state index contributed by atoms with van der Waals surface area (Å²) in [5.41, 5.74) is 3.26. The number of hydrazine groups is 1. The van der Waals surface area contributed by atoms with Crippen molar-refractivity contribution in [3.8, 4) is 0 Å². The lowest BCUT2D eigenvalue weighted by molar-refractivity contribution is 0.168. The second-order valence-corrected chi connectivity index (χ2v) is 3.85. The van der Waals surface area contributed by atoms with Crippen LogP contribution in [0.1, 0.15) is 20.8 Å². The summed E-state index contributed by atoms with van der Waals surface area (Å²) in [6.45, 7) is 8.61. The van der Waals surface area contributed by atoms with Gasteiger partial charge in [0.05, 0.1) is 6.54 Å². The van der Waals surface area contributed by atoms with E-state index in [4.69, 9.17) is 0 Å². The molecule has 0 aromatic carbocycles. The molecule has 0 aliphatic carbocycles. The van der Waals surface area contributed by atoms with E-state index in [1.807, 2.05) is 6.21 Å². The molecule has 1 aliphatic rings. The summed E-state index contributed by atoms with van der Waals surface area (Å²) in [6.07, 6.45) is 1.88. The zero-order valence-electron chi connectivity index (χ0n) is 6.89. The molecular weight excluding hydrogens is 126 g/mol. The highest BCUT2D eigenvalue weighted by Gasteiger charge is 2.16. The maximum Gasteiger partial charge on any atom is 0.0567 e. The van der Waals surface area contributed by atoms with Gasteiger partial charge in [-0.25, -0.2) is 10.5 Å². The van der Waals surface area contributed by atoms with Crippen LogP contribution >= 0.6 is 0 Å². The Hall–Kier alpha value is -0.570. The average molecular weight is 141 g/mol. The first-order chi connectivity index (χ1) is 4.58. The lowest BCUT2D eigenvalue weighted by Gasteiger charge is -2.24. The lowest BCUT2D eigenvalue weighted by Crippen LogP contribution is -2.37. The van der Waals surface area contributed by atoms with Crippen LogP contribution in [0.3, 0.4) is 0 Å². The molecule has 0 bridgehead atoms. The maximum absolute atomic E-state index is 3.90. The highest BCUT2D eigenvalue weighted by Crippen LogP contribution is 2.13. The van der Waals surface area contributed by atoms with Crippen LogP contribution in [0.15, 0.2) is 5.10 Å². The molecule has 0 fully saturated rings. The quantitative estimate of drug-likeness (QED) is 0.586. The second-order valence-electron chi connectivity index (χ2n) is 3.85. The molecule has 3 heteroatoms. The van der Waals surface area contributed by atoms with Gasteiger partial charge in [0.1, 0.15) is 0 Å². The van der Waals surface area contributed by atoms with Crippen molar-refractivity contribution >= 4 is 6.21 Å². The second kappa shape index (κ2) is 2.58. The SMILES string of the molecule is CC(C)(C)CN1CC=NN1. The van der Waals surface area contributed by atoms with Crippen LogP contribution in [0.25, 0.3) is 0 Å². The minimum atomic E-state index is 0.348. The van der Waals surface area contributed by atoms with Gasteiger partial charge < -0.3 is 0 Å². The molecule has 0 radical (unpaired) electrons. The Morgan fingerprint density at radius 1 is 1.60 bits per heavy atom. The molecule has 1 heterocycles. The van der Waals surface area contributed by atoms with E-state index < -0.39 is 0 Å². The summed E-state index contributed by atoms with van der Waals surface area (Å²) in [7, 11) is 0. The van der Waals surface area contributed by atoms with E-state index in [-0.39, 0.29) is 0 Å². The Morgan fingerprint density at radius 2 is 2.30 bits per heavy atom. The fourth-order valence-electron chi connectivity index (χ4n) is 0.975. The minimum absolute atomic E-state index is 0.348. The Labute approximate surface area is 62.1 Å². The zero-order valence-corrected chi connectivity index (χ0v) is 6.89. The number of hydrogen-bond donors (Lipinski definition) is 1. The van der Waals surface area contributed by atoms with Gasteiger partial charge in [-0.15, -0.1) is 0 Å². The van der Waals surface area contributed by atoms with Gasteiger partial charge in [0.15, 0.2) is 0 Å². The number of rotatable bonds is 1. The van der Waals surface area contributed by atoms with E-state index in [2.05, 4.69) is 36.4 Å². The Morgan fingerprint density at radius 3 is 2.70 bits per heavy atom. The highest BCUT2D eigenvalue weighted by atomic mass is 15.7. The lowest BCUT2D eigenvalue weighted by atomic mass is 9.97. The van der Waals surface area contributed by atoms with Gasteiger partial charge in [-0.05, 0) is 5.41 Å². The topological polar surface area (TPSA) is 27.6 Å². The molecule has 0 unspecified atom stereocenters. The van der Waals surface area contributed by atoms with Gasteiger partial charge in [-0.2, -0.15) is 5.10 Å². The molecule has 1 rings (SSSR count). The summed E-state index contributed by atoms with van der Waals surface area (Å²) in [6, 6.07) is 0. The van der Waals surface area contributed by atoms with Crippen molar-refractivity contribution in [3.63, 3.8) is 0 Å². The standard InChI is InChI=1S/C7H15N3/c1-7(2,3)6-10-5-4-8-9-10/h4,9H,5-6H2,1-3H3. The highest BCUT2D eigenvalue weighted by molar-refractivity contribution is 5.60. The van der Waals surface area contributed by atoms with Gasteiger partial charge in [-0.3, -0.25) is 0 Å². The van der Waals surface area contributed by atoms with Crippen molar-refractivity contribution in [1.82, 2.24) is 10.5 Å². The fraction of sp³-hybridized carbons (Fsp3) is 0.857. The molecule has 0 spiro atoms. The molecule has 0 aromatic rings. The molecule has 0 saturated carbocycles. The molecular formula is C7H15N3. The summed E-state index contributed by atoms with van der Waals surface area (Å²) in [5, 5.41) is 6.00. The van der Waals surface area contributed by atoms with E-state index in [0.29, 0.717) is 5.41 Å². The minimum Gasteiger partial charge on any atom is -0.240 e. The predicted octanol–water partition coefficient (Wildman–Crippen LogP) is 0.839. The zero-order chi connectivity index (χ0) is 7.61. The van der Waals surface area contributed by atoms with E-state index in [1.165, 1.54) is 0 Å². The molecule has 0 amide bonds. The van der Waals surface area contributed by atoms with Crippen LogP contribution in [0.2, 0.25) is 0 Å². The van der Waals surface area contributed by atoms with Crippen LogP contribution in [0.5, 0.6) is 0 Å². The van der Waals surface area contributed by atoms with Crippen LogP contribution in [0, 0.1) is 5.41 Å². The Kier molecular flexibility index (Phi) is 1.94. The number of hydrogen-bond acceptors (Lipinski definition) is 3. The summed E-state index contributed by atoms with van der Waals surface area (Å²) in [5.74, 6) is 0. The summed E-state index contributed by atoms with van der Waals surface area (Å²) >= 11 is 0. The molecule has 1 N–H and O–H groups in total. The molecule has 58 valence electrons. The van der Waals surface area contributed by atoms with Gasteiger partial charge in [0, 0.05) is 12.8 Å². The number of nitrogens with zero attached hydrogens (tertiary/aromatic N) is 2. The van der Waals surface area contributed by atoms with Crippen molar-refractivity contribution in [2.75, 3.05) is 13.1 Å². The number of hydrazone groups is 1. The Balaban J connectivity index is 2.26. The third kappa shape index (κ3) is 2.35. The third-order valence-corrected chi connectivity index (χ3v) is 1.26. The largest absolute Gasteiger partial charge is 0.240 e. The normalized spacial score (nSPS) is 19.5. The molecule has 10 heavy (non-hydrogen) atoms. The van der Waals surface area contributed by atoms with Crippen molar-refractivity contribution in [3.05, 3.63) is 0 Å². The smallest absolute Gasteiger partial charge is 0.0567 e. The Bertz CT molecular complexity index is 126. The molecule has 0 atom stereocenters. The molecule has 1 aliphatic heterocycles. The fourth-order valence-corrected chi connectivity index (χ4v) is 0.975. The van der Waals surface area contributed by atoms with Crippen molar-refractivity contribution in [1.29, 1.82) is 0 Å². The van der Waals surface area contributed by atoms with Crippen LogP contribution in [-0.2, 0) is 0 Å². The summed E-state index contributed by atoms with van der Waals surface area (Å²) in [4.78, 5) is 0. The molecule has 0 aromatic heterocycles. The maximum atomic E-state index is 3.90. The van der Waals surface area contributed by atoms with Gasteiger partial charge >= 0.3 is 0 Å². The first kappa shape index (κ1) is 7.54. The number of nitrogens with one attached hydrogen (secondary N) is 1. The van der Waals surface area contributed by atoms with Crippen LogP contribution in [0.4, 0.5) is 0 Å². The van der Waals surface area contributed by atoms with Crippen molar-refractivity contribution < 1.29 is 0 Å². The van der Waals surface area contributed by atoms with E-state index in [0.717, 1.165) is 13.1 Å². The summed E-state index contributed by atoms with van der Waals surface area (Å²) < 4.78 is 0. The van der Waals surface area contributed by atoms with Crippen LogP contribution < -0.4 is 5.53 Å². The van der Waals surface area contributed by atoms with Gasteiger partial charge in [-0.1, -0.05) is 20.8 Å². The molecule has 3 nitrogen and oxygen atoms in total. The van der Waals surface area contributed by atoms with Crippen molar-refractivity contribution in [2.45, 2.75) is 20.8 Å². The third-order valence-electron chi connectivity index (χ3n) is 1.26. The van der Waals surface area contributed by atoms with E-state index in [9.17, 15) is 0 Å². The first-order valence-corrected chi connectivity index (χ1v) is 3.60. The van der Waals surface area contributed by atoms with Gasteiger partial charge in [0.2, 0.25) is 0 Å². The van der Waals surface area contributed by atoms with Crippen LogP contribution in [-0.4, -0.2) is 24.3 Å². The van der Waals surface area contributed by atoms with Crippen molar-refractivity contribution in [2.24, 2.45) is 10.5 Å².